The number of aromatic amines is 1. The first-order chi connectivity index (χ1) is 13.0. The first kappa shape index (κ1) is 18.1. The fourth-order valence-electron chi connectivity index (χ4n) is 3.06. The van der Waals surface area contributed by atoms with Crippen molar-refractivity contribution in [3.8, 4) is 11.4 Å². The van der Waals surface area contributed by atoms with Crippen LogP contribution in [0.1, 0.15) is 17.0 Å². The second kappa shape index (κ2) is 7.01. The number of halogens is 2. The average Bonchev–Trinajstić information content (AvgIpc) is 3.06. The summed E-state index contributed by atoms with van der Waals surface area (Å²) in [6, 6.07) is 8.06. The van der Waals surface area contributed by atoms with Crippen LogP contribution in [0.3, 0.4) is 0 Å². The summed E-state index contributed by atoms with van der Waals surface area (Å²) in [5, 5.41) is 8.27. The maximum absolute atomic E-state index is 8.27. The molecular weight excluding hydrogens is 472 g/mol. The van der Waals surface area contributed by atoms with Crippen molar-refractivity contribution in [1.29, 1.82) is 5.41 Å². The van der Waals surface area contributed by atoms with Crippen LogP contribution in [0.15, 0.2) is 45.6 Å². The Balaban J connectivity index is 1.94. The first-order valence-corrected chi connectivity index (χ1v) is 9.90. The number of aromatic nitrogens is 5. The van der Waals surface area contributed by atoms with Gasteiger partial charge in [0.2, 0.25) is 0 Å². The molecule has 0 bridgehead atoms. The van der Waals surface area contributed by atoms with Crippen molar-refractivity contribution >= 4 is 43.0 Å². The Labute approximate surface area is 172 Å². The van der Waals surface area contributed by atoms with E-state index in [1.807, 2.05) is 42.7 Å². The molecule has 3 aromatic heterocycles. The van der Waals surface area contributed by atoms with Gasteiger partial charge in [0, 0.05) is 32.5 Å². The SMILES string of the molecule is Cc1ccccc1-c1nc2c([nH]1)c(=N)nc(C)n2Cc1c(Br)cncc1Br. The molecule has 0 fully saturated rings. The predicted molar refractivity (Wildman–Crippen MR) is 111 cm³/mol. The second-order valence-corrected chi connectivity index (χ2v) is 7.98. The minimum Gasteiger partial charge on any atom is -0.334 e. The normalized spacial score (nSPS) is 11.3. The number of benzene rings is 1. The number of aryl methyl sites for hydroxylation is 2. The Morgan fingerprint density at radius 2 is 1.78 bits per heavy atom. The van der Waals surface area contributed by atoms with Gasteiger partial charge in [-0.1, -0.05) is 24.3 Å². The number of hydrogen-bond acceptors (Lipinski definition) is 4. The molecule has 6 nitrogen and oxygen atoms in total. The van der Waals surface area contributed by atoms with E-state index < -0.39 is 0 Å². The van der Waals surface area contributed by atoms with E-state index in [9.17, 15) is 0 Å². The lowest BCUT2D eigenvalue weighted by molar-refractivity contribution is 0.737. The lowest BCUT2D eigenvalue weighted by Crippen LogP contribution is -2.18. The van der Waals surface area contributed by atoms with Crippen molar-refractivity contribution in [1.82, 2.24) is 24.5 Å². The molecule has 0 saturated heterocycles. The minimum absolute atomic E-state index is 0.193. The molecule has 1 aromatic carbocycles. The molecule has 0 amide bonds. The van der Waals surface area contributed by atoms with Gasteiger partial charge < -0.3 is 9.55 Å². The summed E-state index contributed by atoms with van der Waals surface area (Å²) in [7, 11) is 0. The van der Waals surface area contributed by atoms with Gasteiger partial charge in [-0.3, -0.25) is 10.4 Å². The summed E-state index contributed by atoms with van der Waals surface area (Å²) in [4.78, 5) is 16.7. The first-order valence-electron chi connectivity index (χ1n) is 8.31. The van der Waals surface area contributed by atoms with Crippen LogP contribution >= 0.6 is 31.9 Å². The number of rotatable bonds is 3. The third-order valence-corrected chi connectivity index (χ3v) is 5.88. The molecule has 2 N–H and O–H groups in total. The van der Waals surface area contributed by atoms with E-state index >= 15 is 0 Å². The molecule has 0 unspecified atom stereocenters. The molecule has 27 heavy (non-hydrogen) atoms. The standard InChI is InChI=1S/C19H16Br2N6/c1-10-5-3-4-6-12(10)18-25-16-17(22)24-11(2)27(19(16)26-18)9-13-14(20)7-23-8-15(13)21/h3-8,22H,9H2,1-2H3,(H,25,26). The molecule has 136 valence electrons. The van der Waals surface area contributed by atoms with E-state index in [-0.39, 0.29) is 5.49 Å². The molecule has 0 aliphatic rings. The molecule has 3 heterocycles. The highest BCUT2D eigenvalue weighted by Gasteiger charge is 2.16. The highest BCUT2D eigenvalue weighted by atomic mass is 79.9. The lowest BCUT2D eigenvalue weighted by Gasteiger charge is -2.13. The van der Waals surface area contributed by atoms with Crippen LogP contribution in [0.4, 0.5) is 0 Å². The van der Waals surface area contributed by atoms with E-state index in [4.69, 9.17) is 10.4 Å². The Morgan fingerprint density at radius 1 is 1.07 bits per heavy atom. The van der Waals surface area contributed by atoms with Crippen LogP contribution in [-0.2, 0) is 6.54 Å². The zero-order chi connectivity index (χ0) is 19.1. The van der Waals surface area contributed by atoms with Crippen LogP contribution in [-0.4, -0.2) is 24.5 Å². The van der Waals surface area contributed by atoms with Gasteiger partial charge in [0.25, 0.3) is 0 Å². The minimum atomic E-state index is 0.193. The van der Waals surface area contributed by atoms with Crippen molar-refractivity contribution in [3.63, 3.8) is 0 Å². The Morgan fingerprint density at radius 3 is 2.48 bits per heavy atom. The fourth-order valence-corrected chi connectivity index (χ4v) is 4.24. The van der Waals surface area contributed by atoms with E-state index in [1.165, 1.54) is 0 Å². The molecular formula is C19H16Br2N6. The van der Waals surface area contributed by atoms with Gasteiger partial charge in [-0.05, 0) is 51.3 Å². The molecule has 4 rings (SSSR count). The van der Waals surface area contributed by atoms with Gasteiger partial charge in [0.15, 0.2) is 11.1 Å². The van der Waals surface area contributed by atoms with Crippen LogP contribution in [0.2, 0.25) is 0 Å². The Kier molecular flexibility index (Phi) is 4.69. The summed E-state index contributed by atoms with van der Waals surface area (Å²) >= 11 is 7.14. The molecule has 0 aliphatic heterocycles. The van der Waals surface area contributed by atoms with Crippen LogP contribution < -0.4 is 5.49 Å². The number of imidazole rings is 1. The van der Waals surface area contributed by atoms with Crippen LogP contribution in [0, 0.1) is 19.3 Å². The Hall–Kier alpha value is -2.32. The van der Waals surface area contributed by atoms with Gasteiger partial charge in [0.05, 0.1) is 6.54 Å². The number of pyridine rings is 1. The van der Waals surface area contributed by atoms with E-state index in [0.717, 1.165) is 37.3 Å². The average molecular weight is 488 g/mol. The predicted octanol–water partition coefficient (Wildman–Crippen LogP) is 4.49. The van der Waals surface area contributed by atoms with Crippen molar-refractivity contribution in [2.75, 3.05) is 0 Å². The van der Waals surface area contributed by atoms with Gasteiger partial charge in [-0.15, -0.1) is 0 Å². The number of hydrogen-bond donors (Lipinski definition) is 2. The van der Waals surface area contributed by atoms with E-state index in [0.29, 0.717) is 17.7 Å². The van der Waals surface area contributed by atoms with E-state index in [1.54, 1.807) is 12.4 Å². The third-order valence-electron chi connectivity index (χ3n) is 4.51. The lowest BCUT2D eigenvalue weighted by atomic mass is 10.1. The maximum Gasteiger partial charge on any atom is 0.174 e. The highest BCUT2D eigenvalue weighted by Crippen LogP contribution is 2.27. The van der Waals surface area contributed by atoms with Gasteiger partial charge in [-0.2, -0.15) is 0 Å². The van der Waals surface area contributed by atoms with Crippen molar-refractivity contribution < 1.29 is 0 Å². The number of nitrogens with one attached hydrogen (secondary N) is 2. The van der Waals surface area contributed by atoms with Gasteiger partial charge >= 0.3 is 0 Å². The van der Waals surface area contributed by atoms with Crippen LogP contribution in [0.25, 0.3) is 22.6 Å². The van der Waals surface area contributed by atoms with E-state index in [2.05, 4.69) is 46.8 Å². The molecule has 0 aliphatic carbocycles. The zero-order valence-electron chi connectivity index (χ0n) is 14.7. The number of fused-ring (bicyclic) bond motifs is 1. The summed E-state index contributed by atoms with van der Waals surface area (Å²) in [6.07, 6.45) is 3.53. The third kappa shape index (κ3) is 3.23. The van der Waals surface area contributed by atoms with Crippen LogP contribution in [0.5, 0.6) is 0 Å². The number of H-pyrrole nitrogens is 1. The summed E-state index contributed by atoms with van der Waals surface area (Å²) in [5.74, 6) is 1.47. The van der Waals surface area contributed by atoms with Crippen molar-refractivity contribution in [2.24, 2.45) is 0 Å². The smallest absolute Gasteiger partial charge is 0.174 e. The van der Waals surface area contributed by atoms with Crippen molar-refractivity contribution in [2.45, 2.75) is 20.4 Å². The van der Waals surface area contributed by atoms with Gasteiger partial charge in [-0.25, -0.2) is 9.97 Å². The topological polar surface area (TPSA) is 83.2 Å². The monoisotopic (exact) mass is 486 g/mol. The van der Waals surface area contributed by atoms with Gasteiger partial charge in [0.1, 0.15) is 17.2 Å². The quantitative estimate of drug-likeness (QED) is 0.446. The molecule has 4 aromatic rings. The largest absolute Gasteiger partial charge is 0.334 e. The number of nitrogens with zero attached hydrogens (tertiary/aromatic N) is 4. The van der Waals surface area contributed by atoms with Crippen molar-refractivity contribution in [3.05, 3.63) is 68.0 Å². The second-order valence-electron chi connectivity index (χ2n) is 6.27. The summed E-state index contributed by atoms with van der Waals surface area (Å²) < 4.78 is 3.82. The molecule has 8 heteroatoms. The molecule has 0 spiro atoms. The summed E-state index contributed by atoms with van der Waals surface area (Å²) in [6.45, 7) is 4.49. The summed E-state index contributed by atoms with van der Waals surface area (Å²) in [5.41, 5.74) is 4.71. The fraction of sp³-hybridized carbons (Fsp3) is 0.158. The Bertz CT molecular complexity index is 1200. The highest BCUT2D eigenvalue weighted by molar-refractivity contribution is 9.11. The zero-order valence-corrected chi connectivity index (χ0v) is 17.9. The molecule has 0 saturated carbocycles. The molecule has 0 atom stereocenters. The molecule has 0 radical (unpaired) electrons. The maximum atomic E-state index is 8.27.